The number of hydrogen-bond donors (Lipinski definition) is 1. The zero-order valence-corrected chi connectivity index (χ0v) is 16.3. The Morgan fingerprint density at radius 1 is 1.23 bits per heavy atom. The maximum absolute atomic E-state index is 12.1. The molecule has 1 fully saturated rings. The Hall–Kier alpha value is -1.95. The minimum Gasteiger partial charge on any atom is -0.351 e. The first-order chi connectivity index (χ1) is 12.4. The molecule has 2 aliphatic carbocycles. The Bertz CT molecular complexity index is 839. The predicted molar refractivity (Wildman–Crippen MR) is 102 cm³/mol. The molecular weight excluding hydrogens is 344 g/mol. The van der Waals surface area contributed by atoms with Crippen molar-refractivity contribution in [2.75, 3.05) is 5.75 Å². The minimum atomic E-state index is -0.0176. The third-order valence-electron chi connectivity index (χ3n) is 6.44. The monoisotopic (exact) mass is 368 g/mol. The molecule has 2 atom stereocenters. The van der Waals surface area contributed by atoms with E-state index in [0.29, 0.717) is 23.4 Å². The Balaban J connectivity index is 1.40. The fraction of sp³-hybridized carbons (Fsp3) is 0.500. The van der Waals surface area contributed by atoms with Crippen LogP contribution in [0.2, 0.25) is 0 Å². The van der Waals surface area contributed by atoms with Crippen molar-refractivity contribution >= 4 is 17.7 Å². The lowest BCUT2D eigenvalue weighted by Crippen LogP contribution is -2.32. The Kier molecular flexibility index (Phi) is 4.26. The normalized spacial score (nSPS) is 25.1. The second kappa shape index (κ2) is 6.34. The first kappa shape index (κ1) is 17.5. The summed E-state index contributed by atoms with van der Waals surface area (Å²) in [6, 6.07) is 9.90. The third-order valence-corrected chi connectivity index (χ3v) is 7.27. The van der Waals surface area contributed by atoms with Gasteiger partial charge in [-0.05, 0) is 23.8 Å². The summed E-state index contributed by atoms with van der Waals surface area (Å²) >= 11 is 1.36. The van der Waals surface area contributed by atoms with Crippen molar-refractivity contribution in [3.63, 3.8) is 0 Å². The number of benzene rings is 1. The molecule has 1 N–H and O–H groups in total. The molecule has 1 aromatic heterocycles. The molecule has 1 amide bonds. The van der Waals surface area contributed by atoms with E-state index in [-0.39, 0.29) is 16.7 Å². The molecule has 2 bridgehead atoms. The highest BCUT2D eigenvalue weighted by molar-refractivity contribution is 7.99. The molecule has 5 nitrogen and oxygen atoms in total. The van der Waals surface area contributed by atoms with Crippen LogP contribution in [0.4, 0.5) is 0 Å². The molecular formula is C20H24N4OS. The summed E-state index contributed by atoms with van der Waals surface area (Å²) in [5.41, 5.74) is 3.50. The average molecular weight is 369 g/mol. The van der Waals surface area contributed by atoms with Crippen molar-refractivity contribution in [2.45, 2.75) is 56.6 Å². The van der Waals surface area contributed by atoms with Gasteiger partial charge in [0.15, 0.2) is 0 Å². The van der Waals surface area contributed by atoms with Crippen LogP contribution >= 0.6 is 11.8 Å². The Morgan fingerprint density at radius 2 is 2.00 bits per heavy atom. The summed E-state index contributed by atoms with van der Waals surface area (Å²) in [7, 11) is 0. The lowest BCUT2D eigenvalue weighted by atomic mass is 9.70. The van der Waals surface area contributed by atoms with E-state index < -0.39 is 0 Å². The number of carbonyl (C=O) groups excluding carboxylic acids is 1. The zero-order valence-electron chi connectivity index (χ0n) is 15.5. The van der Waals surface area contributed by atoms with Gasteiger partial charge in [0.2, 0.25) is 11.1 Å². The summed E-state index contributed by atoms with van der Waals surface area (Å²) in [4.78, 5) is 16.9. The zero-order chi connectivity index (χ0) is 18.4. The molecule has 4 rings (SSSR count). The molecule has 6 heteroatoms. The van der Waals surface area contributed by atoms with Gasteiger partial charge in [-0.25, -0.2) is 4.98 Å². The van der Waals surface area contributed by atoms with Crippen LogP contribution in [0.5, 0.6) is 0 Å². The fourth-order valence-corrected chi connectivity index (χ4v) is 5.02. The summed E-state index contributed by atoms with van der Waals surface area (Å²) in [6.07, 6.45) is 2.32. The summed E-state index contributed by atoms with van der Waals surface area (Å²) in [6.45, 7) is 7.47. The lowest BCUT2D eigenvalue weighted by molar-refractivity contribution is -0.118. The summed E-state index contributed by atoms with van der Waals surface area (Å²) < 4.78 is 0. The lowest BCUT2D eigenvalue weighted by Gasteiger charge is -2.33. The van der Waals surface area contributed by atoms with Gasteiger partial charge in [0.05, 0.1) is 17.1 Å². The van der Waals surface area contributed by atoms with E-state index in [9.17, 15) is 4.79 Å². The van der Waals surface area contributed by atoms with E-state index >= 15 is 0 Å². The van der Waals surface area contributed by atoms with E-state index in [1.807, 2.05) is 30.3 Å². The highest BCUT2D eigenvalue weighted by Crippen LogP contribution is 2.66. The van der Waals surface area contributed by atoms with Gasteiger partial charge >= 0.3 is 0 Å². The highest BCUT2D eigenvalue weighted by atomic mass is 32.2. The van der Waals surface area contributed by atoms with Crippen LogP contribution in [0.1, 0.15) is 56.5 Å². The number of hydrogen-bond acceptors (Lipinski definition) is 5. The number of nitrogens with zero attached hydrogens (tertiary/aromatic N) is 3. The van der Waals surface area contributed by atoms with Gasteiger partial charge in [-0.2, -0.15) is 5.10 Å². The van der Waals surface area contributed by atoms with Gasteiger partial charge in [-0.3, -0.25) is 4.79 Å². The summed E-state index contributed by atoms with van der Waals surface area (Å²) in [5.74, 6) is 0.739. The van der Waals surface area contributed by atoms with E-state index in [1.165, 1.54) is 18.2 Å². The number of amides is 1. The van der Waals surface area contributed by atoms with Gasteiger partial charge < -0.3 is 5.32 Å². The topological polar surface area (TPSA) is 67.8 Å². The largest absolute Gasteiger partial charge is 0.351 e. The van der Waals surface area contributed by atoms with Crippen molar-refractivity contribution in [1.29, 1.82) is 0 Å². The van der Waals surface area contributed by atoms with Gasteiger partial charge in [-0.15, -0.1) is 5.10 Å². The molecule has 2 aromatic rings. The van der Waals surface area contributed by atoms with Crippen LogP contribution in [-0.2, 0) is 16.8 Å². The van der Waals surface area contributed by atoms with Gasteiger partial charge in [-0.1, -0.05) is 62.9 Å². The number of nitrogens with one attached hydrogen (secondary N) is 1. The Morgan fingerprint density at radius 3 is 2.77 bits per heavy atom. The molecule has 2 aliphatic rings. The number of thioether (sulfide) groups is 1. The van der Waals surface area contributed by atoms with Crippen LogP contribution in [0.15, 0.2) is 35.5 Å². The minimum absolute atomic E-state index is 0.0176. The van der Waals surface area contributed by atoms with Gasteiger partial charge in [0, 0.05) is 17.9 Å². The molecule has 0 saturated heterocycles. The van der Waals surface area contributed by atoms with Crippen LogP contribution in [-0.4, -0.2) is 26.8 Å². The van der Waals surface area contributed by atoms with E-state index in [0.717, 1.165) is 23.4 Å². The predicted octanol–water partition coefficient (Wildman–Crippen LogP) is 3.46. The standard InChI is InChI=1S/C20H24N4OS/c1-19(2)14-9-10-20(19,3)17-16(14)23-24-18(22-17)26-12-15(25)21-11-13-7-5-4-6-8-13/h4-8,14H,9-12H2,1-3H3,(H,21,25). The second-order valence-corrected chi connectivity index (χ2v) is 8.97. The van der Waals surface area contributed by atoms with Gasteiger partial charge in [0.25, 0.3) is 0 Å². The van der Waals surface area contributed by atoms with Crippen LogP contribution < -0.4 is 5.32 Å². The molecule has 0 aliphatic heterocycles. The quantitative estimate of drug-likeness (QED) is 0.819. The van der Waals surface area contributed by atoms with Crippen molar-refractivity contribution in [3.8, 4) is 0 Å². The Labute approximate surface area is 158 Å². The number of carbonyl (C=O) groups is 1. The van der Waals surface area contributed by atoms with Crippen molar-refractivity contribution < 1.29 is 4.79 Å². The van der Waals surface area contributed by atoms with Crippen molar-refractivity contribution in [1.82, 2.24) is 20.5 Å². The first-order valence-corrected chi connectivity index (χ1v) is 10.1. The number of fused-ring (bicyclic) bond motifs is 5. The third kappa shape index (κ3) is 2.71. The molecule has 1 saturated carbocycles. The molecule has 1 heterocycles. The van der Waals surface area contributed by atoms with E-state index in [1.54, 1.807) is 0 Å². The van der Waals surface area contributed by atoms with Crippen LogP contribution in [0.3, 0.4) is 0 Å². The number of rotatable bonds is 5. The maximum atomic E-state index is 12.1. The molecule has 1 aromatic carbocycles. The SMILES string of the molecule is CC12CCC(c3nnc(SCC(=O)NCc4ccccc4)nc31)C2(C)C. The summed E-state index contributed by atoms with van der Waals surface area (Å²) in [5, 5.41) is 12.3. The smallest absolute Gasteiger partial charge is 0.230 e. The van der Waals surface area contributed by atoms with Crippen molar-refractivity contribution in [3.05, 3.63) is 47.3 Å². The molecule has 136 valence electrons. The first-order valence-electron chi connectivity index (χ1n) is 9.10. The van der Waals surface area contributed by atoms with Crippen LogP contribution in [0.25, 0.3) is 0 Å². The highest BCUT2D eigenvalue weighted by Gasteiger charge is 2.61. The average Bonchev–Trinajstić information content (AvgIpc) is 2.98. The number of aromatic nitrogens is 3. The molecule has 2 unspecified atom stereocenters. The fourth-order valence-electron chi connectivity index (χ4n) is 4.40. The van der Waals surface area contributed by atoms with Crippen LogP contribution in [0, 0.1) is 5.41 Å². The van der Waals surface area contributed by atoms with Gasteiger partial charge in [0.1, 0.15) is 0 Å². The molecule has 0 spiro atoms. The van der Waals surface area contributed by atoms with Crippen molar-refractivity contribution in [2.24, 2.45) is 5.41 Å². The molecule has 0 radical (unpaired) electrons. The maximum Gasteiger partial charge on any atom is 0.230 e. The van der Waals surface area contributed by atoms with E-state index in [4.69, 9.17) is 4.98 Å². The molecule has 26 heavy (non-hydrogen) atoms. The second-order valence-electron chi connectivity index (χ2n) is 8.02. The van der Waals surface area contributed by atoms with E-state index in [2.05, 4.69) is 36.3 Å².